The van der Waals surface area contributed by atoms with E-state index >= 15 is 0 Å². The summed E-state index contributed by atoms with van der Waals surface area (Å²) in [6, 6.07) is 15.1. The molecule has 0 radical (unpaired) electrons. The molecular formula is C24H31N3O3S. The third kappa shape index (κ3) is 5.03. The van der Waals surface area contributed by atoms with Crippen molar-refractivity contribution >= 4 is 27.3 Å². The van der Waals surface area contributed by atoms with Gasteiger partial charge in [-0.3, -0.25) is 9.10 Å². The second-order valence-electron chi connectivity index (χ2n) is 8.48. The van der Waals surface area contributed by atoms with Crippen LogP contribution in [0.4, 0.5) is 11.4 Å². The highest BCUT2D eigenvalue weighted by Gasteiger charge is 2.26. The molecule has 1 unspecified atom stereocenters. The van der Waals surface area contributed by atoms with E-state index in [0.29, 0.717) is 24.2 Å². The molecule has 0 saturated carbocycles. The zero-order valence-electron chi connectivity index (χ0n) is 18.1. The Kier molecular flexibility index (Phi) is 6.51. The molecule has 1 amide bonds. The monoisotopic (exact) mass is 441 g/mol. The molecule has 2 aromatic carbocycles. The molecule has 166 valence electrons. The minimum atomic E-state index is -3.25. The van der Waals surface area contributed by atoms with Crippen molar-refractivity contribution in [1.29, 1.82) is 0 Å². The van der Waals surface area contributed by atoms with Crippen LogP contribution in [0.2, 0.25) is 0 Å². The first-order chi connectivity index (χ1) is 14.9. The summed E-state index contributed by atoms with van der Waals surface area (Å²) < 4.78 is 26.0. The number of nitrogens with one attached hydrogen (secondary N) is 1. The first-order valence-electron chi connectivity index (χ1n) is 11.2. The average molecular weight is 442 g/mol. The smallest absolute Gasteiger partial charge is 0.251 e. The highest BCUT2D eigenvalue weighted by atomic mass is 32.2. The summed E-state index contributed by atoms with van der Waals surface area (Å²) in [4.78, 5) is 15.1. The van der Waals surface area contributed by atoms with Crippen molar-refractivity contribution in [1.82, 2.24) is 5.32 Å². The minimum absolute atomic E-state index is 0.120. The maximum Gasteiger partial charge on any atom is 0.251 e. The van der Waals surface area contributed by atoms with E-state index in [0.717, 1.165) is 25.1 Å². The van der Waals surface area contributed by atoms with E-state index in [4.69, 9.17) is 0 Å². The Hall–Kier alpha value is -2.54. The van der Waals surface area contributed by atoms with E-state index in [1.165, 1.54) is 29.3 Å². The van der Waals surface area contributed by atoms with Gasteiger partial charge in [0.1, 0.15) is 0 Å². The summed E-state index contributed by atoms with van der Waals surface area (Å²) in [6.07, 6.45) is 5.37. The predicted octanol–water partition coefficient (Wildman–Crippen LogP) is 4.10. The van der Waals surface area contributed by atoms with Crippen molar-refractivity contribution in [3.63, 3.8) is 0 Å². The standard InChI is InChI=1S/C24H31N3O3S/c1-19(20-7-11-22(12-8-20)26-15-3-2-4-16-26)25-24(28)21-9-13-23(14-10-21)27-17-5-6-18-31(27,29)30/h7-14,19H,2-6,15-18H2,1H3,(H,25,28). The molecule has 1 atom stereocenters. The summed E-state index contributed by atoms with van der Waals surface area (Å²) in [5.74, 6) is 0.0178. The molecule has 0 aromatic heterocycles. The Labute approximate surface area is 185 Å². The minimum Gasteiger partial charge on any atom is -0.372 e. The van der Waals surface area contributed by atoms with Gasteiger partial charge in [0.15, 0.2) is 0 Å². The molecule has 1 N–H and O–H groups in total. The molecule has 2 aliphatic rings. The van der Waals surface area contributed by atoms with Gasteiger partial charge in [0.05, 0.1) is 17.5 Å². The fourth-order valence-corrected chi connectivity index (χ4v) is 5.99. The molecule has 0 bridgehead atoms. The lowest BCUT2D eigenvalue weighted by molar-refractivity contribution is 0.0940. The second kappa shape index (κ2) is 9.30. The van der Waals surface area contributed by atoms with Gasteiger partial charge in [-0.05, 0) is 81.0 Å². The summed E-state index contributed by atoms with van der Waals surface area (Å²) in [5, 5.41) is 3.04. The van der Waals surface area contributed by atoms with Gasteiger partial charge in [-0.25, -0.2) is 8.42 Å². The van der Waals surface area contributed by atoms with Crippen LogP contribution in [-0.4, -0.2) is 39.7 Å². The van der Waals surface area contributed by atoms with Crippen molar-refractivity contribution < 1.29 is 13.2 Å². The Morgan fingerprint density at radius 2 is 1.45 bits per heavy atom. The normalized spacial score (nSPS) is 19.6. The van der Waals surface area contributed by atoms with Crippen LogP contribution in [0.15, 0.2) is 48.5 Å². The van der Waals surface area contributed by atoms with Gasteiger partial charge >= 0.3 is 0 Å². The number of rotatable bonds is 5. The molecule has 6 nitrogen and oxygen atoms in total. The lowest BCUT2D eigenvalue weighted by Crippen LogP contribution is -2.37. The molecule has 2 saturated heterocycles. The number of hydrogen-bond donors (Lipinski definition) is 1. The van der Waals surface area contributed by atoms with Crippen molar-refractivity contribution in [3.8, 4) is 0 Å². The average Bonchev–Trinajstić information content (AvgIpc) is 2.79. The molecule has 0 spiro atoms. The molecule has 2 heterocycles. The van der Waals surface area contributed by atoms with Gasteiger partial charge in [-0.1, -0.05) is 12.1 Å². The van der Waals surface area contributed by atoms with Crippen LogP contribution in [0.3, 0.4) is 0 Å². The van der Waals surface area contributed by atoms with Gasteiger partial charge in [0.2, 0.25) is 10.0 Å². The first kappa shape index (κ1) is 21.7. The van der Waals surface area contributed by atoms with Gasteiger partial charge in [0.25, 0.3) is 5.91 Å². The Morgan fingerprint density at radius 1 is 0.839 bits per heavy atom. The molecular weight excluding hydrogens is 410 g/mol. The second-order valence-corrected chi connectivity index (χ2v) is 10.5. The number of piperidine rings is 1. The van der Waals surface area contributed by atoms with E-state index in [-0.39, 0.29) is 17.7 Å². The number of hydrogen-bond acceptors (Lipinski definition) is 4. The van der Waals surface area contributed by atoms with Crippen LogP contribution < -0.4 is 14.5 Å². The molecule has 2 aliphatic heterocycles. The van der Waals surface area contributed by atoms with Crippen molar-refractivity contribution in [2.45, 2.75) is 45.1 Å². The summed E-state index contributed by atoms with van der Waals surface area (Å²) in [5.41, 5.74) is 3.45. The van der Waals surface area contributed by atoms with Crippen molar-refractivity contribution in [2.24, 2.45) is 0 Å². The number of nitrogens with zero attached hydrogens (tertiary/aromatic N) is 2. The Morgan fingerprint density at radius 3 is 2.10 bits per heavy atom. The van der Waals surface area contributed by atoms with E-state index < -0.39 is 10.0 Å². The summed E-state index contributed by atoms with van der Waals surface area (Å²) in [7, 11) is -3.25. The number of anilines is 2. The largest absolute Gasteiger partial charge is 0.372 e. The Balaban J connectivity index is 1.38. The molecule has 31 heavy (non-hydrogen) atoms. The quantitative estimate of drug-likeness (QED) is 0.759. The fraction of sp³-hybridized carbons (Fsp3) is 0.458. The van der Waals surface area contributed by atoms with E-state index in [2.05, 4.69) is 34.5 Å². The van der Waals surface area contributed by atoms with Crippen molar-refractivity contribution in [3.05, 3.63) is 59.7 Å². The topological polar surface area (TPSA) is 69.7 Å². The fourth-order valence-electron chi connectivity index (χ4n) is 4.35. The number of sulfonamides is 1. The lowest BCUT2D eigenvalue weighted by atomic mass is 10.1. The van der Waals surface area contributed by atoms with Crippen LogP contribution in [0, 0.1) is 0 Å². The van der Waals surface area contributed by atoms with Gasteiger partial charge in [0, 0.05) is 30.9 Å². The summed E-state index contributed by atoms with van der Waals surface area (Å²) in [6.45, 7) is 4.70. The zero-order valence-corrected chi connectivity index (χ0v) is 18.9. The molecule has 0 aliphatic carbocycles. The first-order valence-corrected chi connectivity index (χ1v) is 12.8. The maximum atomic E-state index is 12.7. The number of benzene rings is 2. The maximum absolute atomic E-state index is 12.7. The van der Waals surface area contributed by atoms with E-state index in [1.807, 2.05) is 6.92 Å². The van der Waals surface area contributed by atoms with Crippen molar-refractivity contribution in [2.75, 3.05) is 34.6 Å². The third-order valence-electron chi connectivity index (χ3n) is 6.23. The van der Waals surface area contributed by atoms with Crippen LogP contribution >= 0.6 is 0 Å². The van der Waals surface area contributed by atoms with Crippen LogP contribution in [0.1, 0.15) is 61.0 Å². The highest BCUT2D eigenvalue weighted by Crippen LogP contribution is 2.25. The Bertz CT molecular complexity index is 997. The number of carbonyl (C=O) groups excluding carboxylic acids is 1. The lowest BCUT2D eigenvalue weighted by Gasteiger charge is -2.29. The van der Waals surface area contributed by atoms with Gasteiger partial charge < -0.3 is 10.2 Å². The number of amides is 1. The summed E-state index contributed by atoms with van der Waals surface area (Å²) >= 11 is 0. The van der Waals surface area contributed by atoms with Gasteiger partial charge in [-0.15, -0.1) is 0 Å². The molecule has 7 heteroatoms. The molecule has 2 fully saturated rings. The van der Waals surface area contributed by atoms with Crippen LogP contribution in [0.5, 0.6) is 0 Å². The third-order valence-corrected chi connectivity index (χ3v) is 8.10. The highest BCUT2D eigenvalue weighted by molar-refractivity contribution is 7.92. The SMILES string of the molecule is CC(NC(=O)c1ccc(N2CCCCS2(=O)=O)cc1)c1ccc(N2CCCCC2)cc1. The molecule has 4 rings (SSSR count). The van der Waals surface area contributed by atoms with Gasteiger partial charge in [-0.2, -0.15) is 0 Å². The van der Waals surface area contributed by atoms with Crippen LogP contribution in [0.25, 0.3) is 0 Å². The van der Waals surface area contributed by atoms with Crippen LogP contribution in [-0.2, 0) is 10.0 Å². The predicted molar refractivity (Wildman–Crippen MR) is 125 cm³/mol. The van der Waals surface area contributed by atoms with E-state index in [9.17, 15) is 13.2 Å². The molecule has 2 aromatic rings. The van der Waals surface area contributed by atoms with E-state index in [1.54, 1.807) is 24.3 Å². The zero-order chi connectivity index (χ0) is 21.8. The number of carbonyl (C=O) groups is 1.